The zero-order valence-corrected chi connectivity index (χ0v) is 11.0. The lowest BCUT2D eigenvalue weighted by Crippen LogP contribution is -2.26. The predicted molar refractivity (Wildman–Crippen MR) is 73.7 cm³/mol. The second-order valence-corrected chi connectivity index (χ2v) is 4.58. The van der Waals surface area contributed by atoms with Crippen LogP contribution in [0.1, 0.15) is 15.9 Å². The van der Waals surface area contributed by atoms with Gasteiger partial charge in [-0.1, -0.05) is 0 Å². The lowest BCUT2D eigenvalue weighted by molar-refractivity contribution is 0.0785. The molecule has 0 atom stereocenters. The molecular weight excluding hydrogens is 244 g/mol. The second-order valence-electron chi connectivity index (χ2n) is 4.06. The minimum atomic E-state index is 0.000135. The first-order valence-electron chi connectivity index (χ1n) is 5.60. The number of thiol groups is 1. The maximum Gasteiger partial charge on any atom is 0.253 e. The first-order valence-corrected chi connectivity index (χ1v) is 6.05. The minimum Gasteiger partial charge on any atom is -0.337 e. The fraction of sp³-hybridized carbons (Fsp3) is 0.143. The lowest BCUT2D eigenvalue weighted by atomic mass is 10.2. The molecular formula is C14H14N2OS. The maximum absolute atomic E-state index is 12.1. The summed E-state index contributed by atoms with van der Waals surface area (Å²) in [6, 6.07) is 11.0. The van der Waals surface area contributed by atoms with Gasteiger partial charge in [-0.15, -0.1) is 12.6 Å². The number of pyridine rings is 1. The monoisotopic (exact) mass is 258 g/mol. The fourth-order valence-electron chi connectivity index (χ4n) is 1.66. The van der Waals surface area contributed by atoms with Crippen LogP contribution in [0.4, 0.5) is 0 Å². The van der Waals surface area contributed by atoms with Crippen LogP contribution in [-0.4, -0.2) is 22.8 Å². The van der Waals surface area contributed by atoms with Gasteiger partial charge in [-0.2, -0.15) is 0 Å². The van der Waals surface area contributed by atoms with Crippen LogP contribution in [0.15, 0.2) is 53.7 Å². The molecule has 92 valence electrons. The molecule has 0 unspecified atom stereocenters. The van der Waals surface area contributed by atoms with Crippen LogP contribution in [0.25, 0.3) is 0 Å². The van der Waals surface area contributed by atoms with Crippen molar-refractivity contribution in [1.82, 2.24) is 9.88 Å². The van der Waals surface area contributed by atoms with E-state index in [1.807, 2.05) is 24.3 Å². The standard InChI is InChI=1S/C14H14N2OS/c1-16(10-11-6-8-15-9-7-11)14(17)12-2-4-13(18)5-3-12/h2-9,18H,10H2,1H3. The summed E-state index contributed by atoms with van der Waals surface area (Å²) in [5.41, 5.74) is 1.73. The summed E-state index contributed by atoms with van der Waals surface area (Å²) in [5, 5.41) is 0. The van der Waals surface area contributed by atoms with Crippen molar-refractivity contribution in [3.05, 3.63) is 59.9 Å². The molecule has 4 heteroatoms. The molecule has 2 rings (SSSR count). The van der Waals surface area contributed by atoms with Gasteiger partial charge in [0.25, 0.3) is 5.91 Å². The number of benzene rings is 1. The smallest absolute Gasteiger partial charge is 0.253 e. The minimum absolute atomic E-state index is 0.000135. The Morgan fingerprint density at radius 2 is 1.78 bits per heavy atom. The molecule has 1 heterocycles. The number of amides is 1. The van der Waals surface area contributed by atoms with Gasteiger partial charge in [-0.25, -0.2) is 0 Å². The van der Waals surface area contributed by atoms with Crippen LogP contribution in [0.2, 0.25) is 0 Å². The van der Waals surface area contributed by atoms with E-state index in [0.717, 1.165) is 10.5 Å². The van der Waals surface area contributed by atoms with Gasteiger partial charge in [0, 0.05) is 36.4 Å². The van der Waals surface area contributed by atoms with Gasteiger partial charge in [-0.05, 0) is 42.0 Å². The Morgan fingerprint density at radius 3 is 2.39 bits per heavy atom. The number of carbonyl (C=O) groups is 1. The summed E-state index contributed by atoms with van der Waals surface area (Å²) in [7, 11) is 1.79. The van der Waals surface area contributed by atoms with E-state index in [1.165, 1.54) is 0 Å². The Labute approximate surface area is 112 Å². The highest BCUT2D eigenvalue weighted by atomic mass is 32.1. The third-order valence-corrected chi connectivity index (χ3v) is 2.93. The Morgan fingerprint density at radius 1 is 1.17 bits per heavy atom. The molecule has 0 saturated heterocycles. The zero-order chi connectivity index (χ0) is 13.0. The number of aromatic nitrogens is 1. The van der Waals surface area contributed by atoms with E-state index in [1.54, 1.807) is 36.5 Å². The van der Waals surface area contributed by atoms with E-state index in [9.17, 15) is 4.79 Å². The highest BCUT2D eigenvalue weighted by molar-refractivity contribution is 7.80. The van der Waals surface area contributed by atoms with Gasteiger partial charge >= 0.3 is 0 Å². The molecule has 0 radical (unpaired) electrons. The van der Waals surface area contributed by atoms with Gasteiger partial charge in [-0.3, -0.25) is 9.78 Å². The zero-order valence-electron chi connectivity index (χ0n) is 10.1. The van der Waals surface area contributed by atoms with Crippen LogP contribution >= 0.6 is 12.6 Å². The largest absolute Gasteiger partial charge is 0.337 e. The number of hydrogen-bond donors (Lipinski definition) is 1. The summed E-state index contributed by atoms with van der Waals surface area (Å²) in [4.78, 5) is 18.6. The molecule has 1 aromatic heterocycles. The van der Waals surface area contributed by atoms with E-state index in [-0.39, 0.29) is 5.91 Å². The van der Waals surface area contributed by atoms with E-state index < -0.39 is 0 Å². The molecule has 0 bridgehead atoms. The van der Waals surface area contributed by atoms with E-state index >= 15 is 0 Å². The van der Waals surface area contributed by atoms with Crippen molar-refractivity contribution >= 4 is 18.5 Å². The molecule has 1 aromatic carbocycles. The highest BCUT2D eigenvalue weighted by Crippen LogP contribution is 2.11. The molecule has 0 aliphatic rings. The van der Waals surface area contributed by atoms with E-state index in [2.05, 4.69) is 17.6 Å². The third-order valence-electron chi connectivity index (χ3n) is 2.63. The molecule has 3 nitrogen and oxygen atoms in total. The van der Waals surface area contributed by atoms with Crippen molar-refractivity contribution in [3.63, 3.8) is 0 Å². The molecule has 0 aliphatic carbocycles. The SMILES string of the molecule is CN(Cc1ccncc1)C(=O)c1ccc(S)cc1. The summed E-state index contributed by atoms with van der Waals surface area (Å²) < 4.78 is 0. The van der Waals surface area contributed by atoms with Crippen molar-refractivity contribution in [3.8, 4) is 0 Å². The third kappa shape index (κ3) is 3.11. The Kier molecular flexibility index (Phi) is 3.99. The van der Waals surface area contributed by atoms with Crippen molar-refractivity contribution in [1.29, 1.82) is 0 Å². The van der Waals surface area contributed by atoms with Crippen molar-refractivity contribution < 1.29 is 4.79 Å². The van der Waals surface area contributed by atoms with E-state index in [0.29, 0.717) is 12.1 Å². The number of carbonyl (C=O) groups excluding carboxylic acids is 1. The van der Waals surface area contributed by atoms with Crippen LogP contribution in [0, 0.1) is 0 Å². The number of hydrogen-bond acceptors (Lipinski definition) is 3. The van der Waals surface area contributed by atoms with Crippen LogP contribution in [-0.2, 0) is 6.54 Å². The summed E-state index contributed by atoms with van der Waals surface area (Å²) in [5.74, 6) is 0.000135. The quantitative estimate of drug-likeness (QED) is 0.859. The first-order chi connectivity index (χ1) is 8.66. The molecule has 0 fully saturated rings. The Bertz CT molecular complexity index is 525. The molecule has 2 aromatic rings. The fourth-order valence-corrected chi connectivity index (χ4v) is 1.81. The summed E-state index contributed by atoms with van der Waals surface area (Å²) in [6.07, 6.45) is 3.45. The van der Waals surface area contributed by atoms with Gasteiger partial charge in [0.05, 0.1) is 0 Å². The highest BCUT2D eigenvalue weighted by Gasteiger charge is 2.11. The lowest BCUT2D eigenvalue weighted by Gasteiger charge is -2.17. The first kappa shape index (κ1) is 12.6. The van der Waals surface area contributed by atoms with Gasteiger partial charge in [0.2, 0.25) is 0 Å². The Hall–Kier alpha value is -1.81. The Balaban J connectivity index is 2.07. The van der Waals surface area contributed by atoms with Crippen LogP contribution in [0.3, 0.4) is 0 Å². The van der Waals surface area contributed by atoms with Crippen LogP contribution in [0.5, 0.6) is 0 Å². The van der Waals surface area contributed by atoms with Gasteiger partial charge < -0.3 is 4.90 Å². The summed E-state index contributed by atoms with van der Waals surface area (Å²) >= 11 is 4.20. The van der Waals surface area contributed by atoms with Gasteiger partial charge in [0.1, 0.15) is 0 Å². The van der Waals surface area contributed by atoms with Crippen molar-refractivity contribution in [2.24, 2.45) is 0 Å². The van der Waals surface area contributed by atoms with Crippen molar-refractivity contribution in [2.75, 3.05) is 7.05 Å². The average molecular weight is 258 g/mol. The van der Waals surface area contributed by atoms with Crippen molar-refractivity contribution in [2.45, 2.75) is 11.4 Å². The molecule has 1 amide bonds. The average Bonchev–Trinajstić information content (AvgIpc) is 2.40. The predicted octanol–water partition coefficient (Wildman–Crippen LogP) is 2.64. The molecule has 18 heavy (non-hydrogen) atoms. The number of rotatable bonds is 3. The topological polar surface area (TPSA) is 33.2 Å². The van der Waals surface area contributed by atoms with E-state index in [4.69, 9.17) is 0 Å². The number of nitrogens with zero attached hydrogens (tertiary/aromatic N) is 2. The van der Waals surface area contributed by atoms with Gasteiger partial charge in [0.15, 0.2) is 0 Å². The summed E-state index contributed by atoms with van der Waals surface area (Å²) in [6.45, 7) is 0.573. The molecule has 0 aliphatic heterocycles. The second kappa shape index (κ2) is 5.69. The molecule has 0 spiro atoms. The molecule has 0 saturated carbocycles. The molecule has 0 N–H and O–H groups in total. The van der Waals surface area contributed by atoms with Crippen LogP contribution < -0.4 is 0 Å². The normalized spacial score (nSPS) is 10.1. The maximum atomic E-state index is 12.1.